The smallest absolute Gasteiger partial charge is 0.173 e. The molecule has 1 saturated carbocycles. The Morgan fingerprint density at radius 1 is 1.21 bits per heavy atom. The molecular formula is C16H17NO2. The first-order valence-corrected chi connectivity index (χ1v) is 6.84. The number of hydrogen-bond acceptors (Lipinski definition) is 3. The maximum absolute atomic E-state index is 12.0. The highest BCUT2D eigenvalue weighted by atomic mass is 16.5. The molecule has 1 aromatic carbocycles. The topological polar surface area (TPSA) is 39.2 Å². The molecule has 3 heteroatoms. The molecule has 0 atom stereocenters. The van der Waals surface area contributed by atoms with Crippen LogP contribution in [-0.4, -0.2) is 17.4 Å². The molecule has 0 aliphatic heterocycles. The van der Waals surface area contributed by atoms with E-state index in [1.165, 1.54) is 12.8 Å². The van der Waals surface area contributed by atoms with Crippen LogP contribution in [0.4, 0.5) is 0 Å². The van der Waals surface area contributed by atoms with Gasteiger partial charge in [-0.2, -0.15) is 0 Å². The highest BCUT2D eigenvalue weighted by molar-refractivity contribution is 5.86. The van der Waals surface area contributed by atoms with Gasteiger partial charge in [-0.15, -0.1) is 0 Å². The SMILES string of the molecule is O=C(COc1cccc2ncccc12)C1CCCC1. The van der Waals surface area contributed by atoms with Gasteiger partial charge in [0.2, 0.25) is 0 Å². The number of benzene rings is 1. The zero-order valence-electron chi connectivity index (χ0n) is 10.8. The van der Waals surface area contributed by atoms with Crippen molar-refractivity contribution in [3.63, 3.8) is 0 Å². The summed E-state index contributed by atoms with van der Waals surface area (Å²) in [5.74, 6) is 1.20. The van der Waals surface area contributed by atoms with Crippen molar-refractivity contribution in [3.05, 3.63) is 36.5 Å². The summed E-state index contributed by atoms with van der Waals surface area (Å²) >= 11 is 0. The monoisotopic (exact) mass is 255 g/mol. The first-order chi connectivity index (χ1) is 9.34. The lowest BCUT2D eigenvalue weighted by atomic mass is 10.0. The molecule has 1 aliphatic rings. The maximum atomic E-state index is 12.0. The van der Waals surface area contributed by atoms with Gasteiger partial charge >= 0.3 is 0 Å². The molecule has 3 rings (SSSR count). The molecule has 0 N–H and O–H groups in total. The molecule has 0 saturated heterocycles. The predicted molar refractivity (Wildman–Crippen MR) is 74.2 cm³/mol. The van der Waals surface area contributed by atoms with Crippen LogP contribution >= 0.6 is 0 Å². The van der Waals surface area contributed by atoms with Crippen molar-refractivity contribution >= 4 is 16.7 Å². The number of nitrogens with zero attached hydrogens (tertiary/aromatic N) is 1. The van der Waals surface area contributed by atoms with Gasteiger partial charge in [0.25, 0.3) is 0 Å². The summed E-state index contributed by atoms with van der Waals surface area (Å²) in [6, 6.07) is 9.60. The van der Waals surface area contributed by atoms with Crippen LogP contribution in [-0.2, 0) is 4.79 Å². The Bertz CT molecular complexity index is 583. The van der Waals surface area contributed by atoms with E-state index in [0.717, 1.165) is 29.5 Å². The molecule has 0 radical (unpaired) electrons. The lowest BCUT2D eigenvalue weighted by Crippen LogP contribution is -2.19. The third kappa shape index (κ3) is 2.60. The second-order valence-electron chi connectivity index (χ2n) is 5.06. The molecule has 19 heavy (non-hydrogen) atoms. The highest BCUT2D eigenvalue weighted by Gasteiger charge is 2.22. The summed E-state index contributed by atoms with van der Waals surface area (Å²) in [6.07, 6.45) is 6.16. The summed E-state index contributed by atoms with van der Waals surface area (Å²) in [4.78, 5) is 16.3. The van der Waals surface area contributed by atoms with Crippen molar-refractivity contribution in [2.75, 3.05) is 6.61 Å². The van der Waals surface area contributed by atoms with E-state index in [0.29, 0.717) is 0 Å². The molecule has 1 fully saturated rings. The molecule has 1 heterocycles. The maximum Gasteiger partial charge on any atom is 0.173 e. The van der Waals surface area contributed by atoms with Crippen LogP contribution in [0, 0.1) is 5.92 Å². The molecular weight excluding hydrogens is 238 g/mol. The van der Waals surface area contributed by atoms with Crippen LogP contribution in [0.2, 0.25) is 0 Å². The van der Waals surface area contributed by atoms with E-state index in [9.17, 15) is 4.79 Å². The molecule has 0 bridgehead atoms. The van der Waals surface area contributed by atoms with E-state index >= 15 is 0 Å². The van der Waals surface area contributed by atoms with E-state index in [1.54, 1.807) is 6.20 Å². The number of fused-ring (bicyclic) bond motifs is 1. The van der Waals surface area contributed by atoms with Crippen LogP contribution in [0.25, 0.3) is 10.9 Å². The van der Waals surface area contributed by atoms with E-state index in [1.807, 2.05) is 30.3 Å². The van der Waals surface area contributed by atoms with Gasteiger partial charge in [0.05, 0.1) is 5.52 Å². The molecule has 0 unspecified atom stereocenters. The molecule has 98 valence electrons. The van der Waals surface area contributed by atoms with Crippen LogP contribution < -0.4 is 4.74 Å². The van der Waals surface area contributed by atoms with E-state index < -0.39 is 0 Å². The van der Waals surface area contributed by atoms with Crippen LogP contribution in [0.3, 0.4) is 0 Å². The number of carbonyl (C=O) groups excluding carboxylic acids is 1. The third-order valence-electron chi connectivity index (χ3n) is 3.79. The summed E-state index contributed by atoms with van der Waals surface area (Å²) in [5.41, 5.74) is 0.897. The summed E-state index contributed by atoms with van der Waals surface area (Å²) in [5, 5.41) is 0.962. The van der Waals surface area contributed by atoms with Crippen LogP contribution in [0.15, 0.2) is 36.5 Å². The lowest BCUT2D eigenvalue weighted by molar-refractivity contribution is -0.124. The standard InChI is InChI=1S/C16H17NO2/c18-15(12-5-1-2-6-12)11-19-16-9-3-8-14-13(16)7-4-10-17-14/h3-4,7-10,12H,1-2,5-6,11H2. The number of rotatable bonds is 4. The number of carbonyl (C=O) groups is 1. The zero-order chi connectivity index (χ0) is 13.1. The number of pyridine rings is 1. The Kier molecular flexibility index (Phi) is 3.45. The minimum Gasteiger partial charge on any atom is -0.485 e. The second kappa shape index (κ2) is 5.39. The van der Waals surface area contributed by atoms with Gasteiger partial charge in [0.15, 0.2) is 5.78 Å². The molecule has 0 amide bonds. The third-order valence-corrected chi connectivity index (χ3v) is 3.79. The molecule has 3 nitrogen and oxygen atoms in total. The number of ketones is 1. The molecule has 1 aliphatic carbocycles. The Hall–Kier alpha value is -1.90. The Morgan fingerprint density at radius 3 is 2.89 bits per heavy atom. The van der Waals surface area contributed by atoms with Crippen molar-refractivity contribution < 1.29 is 9.53 Å². The van der Waals surface area contributed by atoms with Crippen molar-refractivity contribution in [2.45, 2.75) is 25.7 Å². The van der Waals surface area contributed by atoms with Gasteiger partial charge in [-0.05, 0) is 37.1 Å². The Morgan fingerprint density at radius 2 is 2.05 bits per heavy atom. The average molecular weight is 255 g/mol. The summed E-state index contributed by atoms with van der Waals surface area (Å²) in [6.45, 7) is 0.179. The molecule has 0 spiro atoms. The fourth-order valence-corrected chi connectivity index (χ4v) is 2.72. The van der Waals surface area contributed by atoms with Crippen LogP contribution in [0.1, 0.15) is 25.7 Å². The van der Waals surface area contributed by atoms with Crippen molar-refractivity contribution in [3.8, 4) is 5.75 Å². The van der Waals surface area contributed by atoms with Gasteiger partial charge in [-0.1, -0.05) is 18.9 Å². The fraction of sp³-hybridized carbons (Fsp3) is 0.375. The minimum atomic E-state index is 0.179. The van der Waals surface area contributed by atoms with Gasteiger partial charge in [0.1, 0.15) is 12.4 Å². The predicted octanol–water partition coefficient (Wildman–Crippen LogP) is 3.37. The quantitative estimate of drug-likeness (QED) is 0.840. The van der Waals surface area contributed by atoms with Gasteiger partial charge in [-0.3, -0.25) is 9.78 Å². The van der Waals surface area contributed by atoms with E-state index in [-0.39, 0.29) is 18.3 Å². The van der Waals surface area contributed by atoms with Gasteiger partial charge in [0, 0.05) is 17.5 Å². The summed E-state index contributed by atoms with van der Waals surface area (Å²) in [7, 11) is 0. The number of Topliss-reactive ketones (excluding diaryl/α,β-unsaturated/α-hetero) is 1. The van der Waals surface area contributed by atoms with Crippen LogP contribution in [0.5, 0.6) is 5.75 Å². The molecule has 2 aromatic rings. The van der Waals surface area contributed by atoms with E-state index in [2.05, 4.69) is 4.98 Å². The molecule has 1 aromatic heterocycles. The zero-order valence-corrected chi connectivity index (χ0v) is 10.8. The van der Waals surface area contributed by atoms with Crippen molar-refractivity contribution in [1.29, 1.82) is 0 Å². The lowest BCUT2D eigenvalue weighted by Gasteiger charge is -2.11. The Balaban J connectivity index is 1.73. The Labute approximate surface area is 112 Å². The average Bonchev–Trinajstić information content (AvgIpc) is 2.99. The summed E-state index contributed by atoms with van der Waals surface area (Å²) < 4.78 is 5.70. The van der Waals surface area contributed by atoms with Gasteiger partial charge < -0.3 is 4.74 Å². The van der Waals surface area contributed by atoms with E-state index in [4.69, 9.17) is 4.74 Å². The van der Waals surface area contributed by atoms with Crippen molar-refractivity contribution in [1.82, 2.24) is 4.98 Å². The van der Waals surface area contributed by atoms with Crippen molar-refractivity contribution in [2.24, 2.45) is 5.92 Å². The minimum absolute atomic E-state index is 0.179. The first-order valence-electron chi connectivity index (χ1n) is 6.84. The largest absolute Gasteiger partial charge is 0.485 e. The number of ether oxygens (including phenoxy) is 1. The first kappa shape index (κ1) is 12.2. The number of hydrogen-bond donors (Lipinski definition) is 0. The number of aromatic nitrogens is 1. The fourth-order valence-electron chi connectivity index (χ4n) is 2.72. The van der Waals surface area contributed by atoms with Gasteiger partial charge in [-0.25, -0.2) is 0 Å². The second-order valence-corrected chi connectivity index (χ2v) is 5.06. The highest BCUT2D eigenvalue weighted by Crippen LogP contribution is 2.27. The normalized spacial score (nSPS) is 15.8.